The Balaban J connectivity index is 1.82. The van der Waals surface area contributed by atoms with Crippen LogP contribution in [0.4, 0.5) is 0 Å². The van der Waals surface area contributed by atoms with E-state index < -0.39 is 0 Å². The number of carbonyl (C=O) groups is 1. The van der Waals surface area contributed by atoms with Gasteiger partial charge in [-0.2, -0.15) is 9.78 Å². The lowest BCUT2D eigenvalue weighted by Gasteiger charge is -2.04. The maximum absolute atomic E-state index is 11.7. The fourth-order valence-corrected chi connectivity index (χ4v) is 2.49. The van der Waals surface area contributed by atoms with Crippen LogP contribution in [0.5, 0.6) is 0 Å². The van der Waals surface area contributed by atoms with E-state index in [1.165, 1.54) is 0 Å². The monoisotopic (exact) mass is 287 g/mol. The molecule has 3 rings (SSSR count). The molecule has 0 amide bonds. The van der Waals surface area contributed by atoms with E-state index >= 15 is 0 Å². The molecule has 0 N–H and O–H groups in total. The van der Waals surface area contributed by atoms with E-state index in [0.717, 1.165) is 17.8 Å². The topological polar surface area (TPSA) is 82.8 Å². The smallest absolute Gasteiger partial charge is 0.309 e. The zero-order valence-electron chi connectivity index (χ0n) is 12.3. The summed E-state index contributed by atoms with van der Waals surface area (Å²) in [6.07, 6.45) is 2.51. The summed E-state index contributed by atoms with van der Waals surface area (Å²) < 4.78 is 6.71. The first-order valence-electron chi connectivity index (χ1n) is 7.00. The molecule has 0 bridgehead atoms. The molecule has 2 heterocycles. The second kappa shape index (κ2) is 5.23. The van der Waals surface area contributed by atoms with Crippen LogP contribution in [0.1, 0.15) is 36.5 Å². The van der Waals surface area contributed by atoms with Crippen LogP contribution in [-0.4, -0.2) is 37.5 Å². The Hall–Kier alpha value is -2.31. The summed E-state index contributed by atoms with van der Waals surface area (Å²) >= 11 is 0. The molecule has 2 unspecified atom stereocenters. The Bertz CT molecular complexity index is 682. The first kappa shape index (κ1) is 13.7. The van der Waals surface area contributed by atoms with Crippen LogP contribution in [-0.2, 0) is 9.53 Å². The van der Waals surface area contributed by atoms with Crippen LogP contribution in [0.25, 0.3) is 5.82 Å². The Morgan fingerprint density at radius 1 is 1.48 bits per heavy atom. The van der Waals surface area contributed by atoms with E-state index in [-0.39, 0.29) is 17.8 Å². The molecule has 21 heavy (non-hydrogen) atoms. The molecule has 2 aromatic heterocycles. The van der Waals surface area contributed by atoms with E-state index in [4.69, 9.17) is 4.74 Å². The molecule has 2 atom stereocenters. The van der Waals surface area contributed by atoms with Gasteiger partial charge in [-0.1, -0.05) is 0 Å². The molecule has 0 saturated heterocycles. The van der Waals surface area contributed by atoms with Crippen LogP contribution in [0.3, 0.4) is 0 Å². The van der Waals surface area contributed by atoms with Crippen molar-refractivity contribution in [2.45, 2.75) is 33.1 Å². The number of ether oxygens (including phenoxy) is 1. The average Bonchev–Trinajstić information content (AvgIpc) is 3.19. The molecule has 1 aliphatic rings. The molecule has 2 aromatic rings. The zero-order valence-corrected chi connectivity index (χ0v) is 12.3. The van der Waals surface area contributed by atoms with Gasteiger partial charge in [0.15, 0.2) is 5.82 Å². The number of carbonyl (C=O) groups excluding carboxylic acids is 1. The summed E-state index contributed by atoms with van der Waals surface area (Å²) in [6.45, 7) is 5.93. The van der Waals surface area contributed by atoms with E-state index in [9.17, 15) is 4.79 Å². The lowest BCUT2D eigenvalue weighted by atomic mass is 10.1. The van der Waals surface area contributed by atoms with Crippen molar-refractivity contribution in [1.82, 2.24) is 25.0 Å². The predicted molar refractivity (Wildman–Crippen MR) is 73.9 cm³/mol. The third kappa shape index (κ3) is 2.63. The van der Waals surface area contributed by atoms with Crippen LogP contribution in [0.15, 0.2) is 12.3 Å². The molecule has 1 fully saturated rings. The molecule has 0 spiro atoms. The van der Waals surface area contributed by atoms with Crippen LogP contribution < -0.4 is 0 Å². The molecule has 7 heteroatoms. The summed E-state index contributed by atoms with van der Waals surface area (Å²) in [5.41, 5.74) is 0.991. The third-order valence-electron chi connectivity index (χ3n) is 3.56. The molecule has 0 aliphatic heterocycles. The van der Waals surface area contributed by atoms with Crippen LogP contribution in [0, 0.1) is 19.8 Å². The van der Waals surface area contributed by atoms with Crippen molar-refractivity contribution in [1.29, 1.82) is 0 Å². The highest BCUT2D eigenvalue weighted by Crippen LogP contribution is 2.48. The maximum Gasteiger partial charge on any atom is 0.309 e. The molecule has 1 saturated carbocycles. The summed E-state index contributed by atoms with van der Waals surface area (Å²) in [5.74, 6) is 2.06. The second-order valence-electron chi connectivity index (χ2n) is 5.17. The van der Waals surface area contributed by atoms with Gasteiger partial charge in [0.1, 0.15) is 11.6 Å². The molecule has 0 radical (unpaired) electrons. The fraction of sp³-hybridized carbons (Fsp3) is 0.500. The zero-order chi connectivity index (χ0) is 15.0. The van der Waals surface area contributed by atoms with Crippen molar-refractivity contribution in [2.24, 2.45) is 5.92 Å². The van der Waals surface area contributed by atoms with Gasteiger partial charge >= 0.3 is 5.97 Å². The van der Waals surface area contributed by atoms with Crippen molar-refractivity contribution in [3.8, 4) is 5.82 Å². The Morgan fingerprint density at radius 3 is 2.95 bits per heavy atom. The highest BCUT2D eigenvalue weighted by atomic mass is 16.5. The molecular weight excluding hydrogens is 270 g/mol. The van der Waals surface area contributed by atoms with Gasteiger partial charge in [0.25, 0.3) is 0 Å². The van der Waals surface area contributed by atoms with Gasteiger partial charge in [-0.25, -0.2) is 4.98 Å². The van der Waals surface area contributed by atoms with Crippen molar-refractivity contribution in [3.05, 3.63) is 29.5 Å². The van der Waals surface area contributed by atoms with E-state index in [0.29, 0.717) is 18.2 Å². The molecular formula is C14H17N5O2. The Kier molecular flexibility index (Phi) is 3.40. The van der Waals surface area contributed by atoms with Gasteiger partial charge in [0, 0.05) is 0 Å². The maximum atomic E-state index is 11.7. The lowest BCUT2D eigenvalue weighted by molar-refractivity contribution is -0.144. The second-order valence-corrected chi connectivity index (χ2v) is 5.17. The molecule has 110 valence electrons. The molecule has 7 nitrogen and oxygen atoms in total. The predicted octanol–water partition coefficient (Wildman–Crippen LogP) is 1.34. The minimum absolute atomic E-state index is 0.0550. The SMILES string of the molecule is CCOC(=O)C1CC1c1cnnc(-n2nc(C)nc2C)c1. The third-order valence-corrected chi connectivity index (χ3v) is 3.56. The Labute approximate surface area is 122 Å². The number of hydrogen-bond acceptors (Lipinski definition) is 6. The normalized spacial score (nSPS) is 20.3. The van der Waals surface area contributed by atoms with Gasteiger partial charge in [0.05, 0.1) is 18.7 Å². The minimum atomic E-state index is -0.131. The fourth-order valence-electron chi connectivity index (χ4n) is 2.49. The number of nitrogens with zero attached hydrogens (tertiary/aromatic N) is 5. The van der Waals surface area contributed by atoms with Crippen LogP contribution in [0.2, 0.25) is 0 Å². The van der Waals surface area contributed by atoms with Crippen LogP contribution >= 0.6 is 0 Å². The lowest BCUT2D eigenvalue weighted by Crippen LogP contribution is -2.08. The summed E-state index contributed by atoms with van der Waals surface area (Å²) in [5, 5.41) is 12.4. The van der Waals surface area contributed by atoms with Gasteiger partial charge in [0.2, 0.25) is 0 Å². The number of aryl methyl sites for hydroxylation is 2. The molecule has 1 aliphatic carbocycles. The van der Waals surface area contributed by atoms with E-state index in [2.05, 4.69) is 20.3 Å². The quantitative estimate of drug-likeness (QED) is 0.789. The number of esters is 1. The molecule has 0 aromatic carbocycles. The number of hydrogen-bond donors (Lipinski definition) is 0. The van der Waals surface area contributed by atoms with Gasteiger partial charge in [-0.15, -0.1) is 10.2 Å². The van der Waals surface area contributed by atoms with Gasteiger partial charge in [-0.05, 0) is 44.7 Å². The average molecular weight is 287 g/mol. The van der Waals surface area contributed by atoms with Crippen molar-refractivity contribution < 1.29 is 9.53 Å². The van der Waals surface area contributed by atoms with Gasteiger partial charge in [-0.3, -0.25) is 4.79 Å². The minimum Gasteiger partial charge on any atom is -0.466 e. The first-order valence-corrected chi connectivity index (χ1v) is 7.00. The summed E-state index contributed by atoms with van der Waals surface area (Å²) in [7, 11) is 0. The standard InChI is InChI=1S/C14H17N5O2/c1-4-21-14(20)12-6-11(12)10-5-13(17-15-7-10)19-9(3)16-8(2)18-19/h5,7,11-12H,4,6H2,1-3H3. The van der Waals surface area contributed by atoms with Crippen molar-refractivity contribution >= 4 is 5.97 Å². The highest BCUT2D eigenvalue weighted by molar-refractivity contribution is 5.77. The summed E-state index contributed by atoms with van der Waals surface area (Å²) in [6, 6.07) is 1.91. The highest BCUT2D eigenvalue weighted by Gasteiger charge is 2.45. The Morgan fingerprint density at radius 2 is 2.29 bits per heavy atom. The van der Waals surface area contributed by atoms with E-state index in [1.54, 1.807) is 10.9 Å². The number of rotatable bonds is 4. The first-order chi connectivity index (χ1) is 10.1. The largest absolute Gasteiger partial charge is 0.466 e. The number of aromatic nitrogens is 5. The van der Waals surface area contributed by atoms with Crippen molar-refractivity contribution in [2.75, 3.05) is 6.61 Å². The van der Waals surface area contributed by atoms with E-state index in [1.807, 2.05) is 26.8 Å². The van der Waals surface area contributed by atoms with Gasteiger partial charge < -0.3 is 4.74 Å². The summed E-state index contributed by atoms with van der Waals surface area (Å²) in [4.78, 5) is 16.0. The van der Waals surface area contributed by atoms with Crippen molar-refractivity contribution in [3.63, 3.8) is 0 Å².